The Labute approximate surface area is 217 Å². The van der Waals surface area contributed by atoms with Gasteiger partial charge in [-0.2, -0.15) is 0 Å². The number of aryl methyl sites for hydroxylation is 1. The van der Waals surface area contributed by atoms with Gasteiger partial charge >= 0.3 is 0 Å². The molecule has 172 valence electrons. The monoisotopic (exact) mass is 625 g/mol. The number of ether oxygens (including phenoxy) is 2. The molecule has 3 N–H and O–H groups in total. The molecular weight excluding hydrogens is 609 g/mol. The second-order valence-electron chi connectivity index (χ2n) is 6.40. The molecule has 2 amide bonds. The van der Waals surface area contributed by atoms with E-state index in [9.17, 15) is 9.59 Å². The lowest BCUT2D eigenvalue weighted by molar-refractivity contribution is -0.124. The van der Waals surface area contributed by atoms with Gasteiger partial charge in [-0.15, -0.1) is 0 Å². The largest absolute Gasteiger partial charge is 0.492 e. The molecule has 0 bridgehead atoms. The van der Waals surface area contributed by atoms with Crippen molar-refractivity contribution < 1.29 is 19.1 Å². The number of amides is 2. The smallest absolute Gasteiger partial charge is 0.276 e. The minimum absolute atomic E-state index is 0.0361. The van der Waals surface area contributed by atoms with Crippen LogP contribution in [0.4, 0.5) is 0 Å². The van der Waals surface area contributed by atoms with E-state index in [1.807, 2.05) is 19.1 Å². The predicted molar refractivity (Wildman–Crippen MR) is 135 cm³/mol. The molecule has 0 aliphatic rings. The molecule has 32 heavy (non-hydrogen) atoms. The Kier molecular flexibility index (Phi) is 11.0. The van der Waals surface area contributed by atoms with Gasteiger partial charge in [-0.25, -0.2) is 0 Å². The third-order valence-electron chi connectivity index (χ3n) is 3.81. The quantitative estimate of drug-likeness (QED) is 0.215. The molecule has 12 heteroatoms. The summed E-state index contributed by atoms with van der Waals surface area (Å²) in [6.45, 7) is 1.91. The first-order valence-electron chi connectivity index (χ1n) is 9.20. The summed E-state index contributed by atoms with van der Waals surface area (Å²) in [6, 6.07) is 8.59. The zero-order chi connectivity index (χ0) is 23.7. The van der Waals surface area contributed by atoms with Gasteiger partial charge in [0.1, 0.15) is 11.5 Å². The molecule has 0 atom stereocenters. The standard InChI is InChI=1S/C20H19Br2Cl2N3O4S/c1-11-7-12(21)8-14(22)19(11)31-10-18(29)26-27-20(32)25-17(28)3-2-6-30-16-5-4-13(23)9-15(16)24/h4-5,7-9H,2-3,6,10H2,1H3,(H,26,29)(H2,25,27,28,32). The first-order valence-corrected chi connectivity index (χ1v) is 12.0. The molecule has 0 radical (unpaired) electrons. The predicted octanol–water partition coefficient (Wildman–Crippen LogP) is 5.09. The molecular formula is C20H19Br2Cl2N3O4S. The second-order valence-corrected chi connectivity index (χ2v) is 9.42. The summed E-state index contributed by atoms with van der Waals surface area (Å²) in [5.74, 6) is 0.252. The molecule has 7 nitrogen and oxygen atoms in total. The van der Waals surface area contributed by atoms with Gasteiger partial charge in [-0.3, -0.25) is 20.4 Å². The fraction of sp³-hybridized carbons (Fsp3) is 0.250. The van der Waals surface area contributed by atoms with Crippen LogP contribution in [-0.4, -0.2) is 30.1 Å². The van der Waals surface area contributed by atoms with E-state index >= 15 is 0 Å². The number of hydrogen-bond acceptors (Lipinski definition) is 5. The molecule has 0 unspecified atom stereocenters. The van der Waals surface area contributed by atoms with Crippen LogP contribution in [0, 0.1) is 6.92 Å². The van der Waals surface area contributed by atoms with E-state index in [1.54, 1.807) is 18.2 Å². The first kappa shape index (κ1) is 26.7. The highest BCUT2D eigenvalue weighted by Gasteiger charge is 2.11. The van der Waals surface area contributed by atoms with Crippen LogP contribution in [-0.2, 0) is 9.59 Å². The fourth-order valence-corrected chi connectivity index (χ4v) is 4.58. The number of halogens is 4. The topological polar surface area (TPSA) is 88.7 Å². The molecule has 2 aromatic rings. The van der Waals surface area contributed by atoms with Crippen LogP contribution in [0.3, 0.4) is 0 Å². The average Bonchev–Trinajstić information content (AvgIpc) is 2.70. The summed E-state index contributed by atoms with van der Waals surface area (Å²) in [5, 5.41) is 3.34. The van der Waals surface area contributed by atoms with Crippen LogP contribution in [0.5, 0.6) is 11.5 Å². The summed E-state index contributed by atoms with van der Waals surface area (Å²) in [4.78, 5) is 23.9. The van der Waals surface area contributed by atoms with Crippen molar-refractivity contribution >= 4 is 84.2 Å². The molecule has 0 fully saturated rings. The molecule has 2 rings (SSSR count). The molecule has 0 heterocycles. The molecule has 0 spiro atoms. The van der Waals surface area contributed by atoms with Crippen molar-refractivity contribution in [2.45, 2.75) is 19.8 Å². The van der Waals surface area contributed by atoms with Gasteiger partial charge in [0, 0.05) is 15.9 Å². The first-order chi connectivity index (χ1) is 15.2. The number of rotatable bonds is 8. The van der Waals surface area contributed by atoms with E-state index in [0.29, 0.717) is 28.0 Å². The Morgan fingerprint density at radius 1 is 1.06 bits per heavy atom. The van der Waals surface area contributed by atoms with Gasteiger partial charge in [-0.05, 0) is 77.4 Å². The van der Waals surface area contributed by atoms with Gasteiger partial charge in [0.25, 0.3) is 5.91 Å². The van der Waals surface area contributed by atoms with Crippen molar-refractivity contribution in [2.75, 3.05) is 13.2 Å². The SMILES string of the molecule is Cc1cc(Br)cc(Br)c1OCC(=O)NNC(=S)NC(=O)CCCOc1ccc(Cl)cc1Cl. The van der Waals surface area contributed by atoms with E-state index in [4.69, 9.17) is 44.9 Å². The van der Waals surface area contributed by atoms with Crippen LogP contribution in [0.15, 0.2) is 39.3 Å². The minimum Gasteiger partial charge on any atom is -0.492 e. The number of hydrogen-bond donors (Lipinski definition) is 3. The van der Waals surface area contributed by atoms with E-state index < -0.39 is 5.91 Å². The summed E-state index contributed by atoms with van der Waals surface area (Å²) in [5.41, 5.74) is 5.68. The highest BCUT2D eigenvalue weighted by atomic mass is 79.9. The van der Waals surface area contributed by atoms with Gasteiger partial charge in [-0.1, -0.05) is 39.1 Å². The third-order valence-corrected chi connectivity index (χ3v) is 5.59. The van der Waals surface area contributed by atoms with Crippen molar-refractivity contribution in [3.8, 4) is 11.5 Å². The summed E-state index contributed by atoms with van der Waals surface area (Å²) in [6.07, 6.45) is 0.607. The van der Waals surface area contributed by atoms with Crippen molar-refractivity contribution in [3.05, 3.63) is 54.9 Å². The average molecular weight is 628 g/mol. The number of benzene rings is 2. The molecule has 0 aliphatic carbocycles. The normalized spacial score (nSPS) is 10.3. The van der Waals surface area contributed by atoms with Gasteiger partial charge in [0.05, 0.1) is 16.1 Å². The lowest BCUT2D eigenvalue weighted by Crippen LogP contribution is -2.49. The van der Waals surface area contributed by atoms with E-state index in [-0.39, 0.29) is 30.7 Å². The number of thiocarbonyl (C=S) groups is 1. The van der Waals surface area contributed by atoms with Crippen LogP contribution < -0.4 is 25.6 Å². The van der Waals surface area contributed by atoms with Gasteiger partial charge in [0.15, 0.2) is 11.7 Å². The molecule has 0 saturated carbocycles. The highest BCUT2D eigenvalue weighted by molar-refractivity contribution is 9.11. The zero-order valence-electron chi connectivity index (χ0n) is 16.8. The Morgan fingerprint density at radius 2 is 1.81 bits per heavy atom. The lowest BCUT2D eigenvalue weighted by Gasteiger charge is -2.13. The summed E-state index contributed by atoms with van der Waals surface area (Å²) in [7, 11) is 0. The van der Waals surface area contributed by atoms with Crippen molar-refractivity contribution in [2.24, 2.45) is 0 Å². The van der Waals surface area contributed by atoms with Crippen LogP contribution in [0.1, 0.15) is 18.4 Å². The maximum atomic E-state index is 12.0. The number of nitrogens with one attached hydrogen (secondary N) is 3. The summed E-state index contributed by atoms with van der Waals surface area (Å²) >= 11 is 23.6. The number of carbonyl (C=O) groups excluding carboxylic acids is 2. The maximum absolute atomic E-state index is 12.0. The third kappa shape index (κ3) is 9.11. The Morgan fingerprint density at radius 3 is 2.50 bits per heavy atom. The second kappa shape index (κ2) is 13.2. The fourth-order valence-electron chi connectivity index (χ4n) is 2.40. The maximum Gasteiger partial charge on any atom is 0.276 e. The van der Waals surface area contributed by atoms with Crippen LogP contribution in [0.2, 0.25) is 10.0 Å². The minimum atomic E-state index is -0.468. The van der Waals surface area contributed by atoms with Crippen molar-refractivity contribution in [3.63, 3.8) is 0 Å². The van der Waals surface area contributed by atoms with E-state index in [0.717, 1.165) is 14.5 Å². The molecule has 2 aromatic carbocycles. The highest BCUT2D eigenvalue weighted by Crippen LogP contribution is 2.32. The van der Waals surface area contributed by atoms with Gasteiger partial charge in [0.2, 0.25) is 5.91 Å². The summed E-state index contributed by atoms with van der Waals surface area (Å²) < 4.78 is 12.7. The Hall–Kier alpha value is -1.59. The lowest BCUT2D eigenvalue weighted by atomic mass is 10.2. The van der Waals surface area contributed by atoms with Crippen molar-refractivity contribution in [1.82, 2.24) is 16.2 Å². The Balaban J connectivity index is 1.63. The molecule has 0 aromatic heterocycles. The number of carbonyl (C=O) groups is 2. The Bertz CT molecular complexity index is 988. The van der Waals surface area contributed by atoms with E-state index in [2.05, 4.69) is 48.0 Å². The molecule has 0 saturated heterocycles. The van der Waals surface area contributed by atoms with Crippen molar-refractivity contribution in [1.29, 1.82) is 0 Å². The molecule has 0 aliphatic heterocycles. The van der Waals surface area contributed by atoms with Gasteiger partial charge < -0.3 is 14.8 Å². The number of hydrazine groups is 1. The van der Waals surface area contributed by atoms with Crippen LogP contribution >= 0.6 is 67.3 Å². The van der Waals surface area contributed by atoms with E-state index in [1.165, 1.54) is 0 Å². The zero-order valence-corrected chi connectivity index (χ0v) is 22.3. The van der Waals surface area contributed by atoms with Crippen LogP contribution in [0.25, 0.3) is 0 Å².